The van der Waals surface area contributed by atoms with E-state index in [0.29, 0.717) is 11.6 Å². The monoisotopic (exact) mass is 723 g/mol. The number of hydrogen-bond donors (Lipinski definition) is 1. The molecule has 0 saturated heterocycles. The first-order valence-electron chi connectivity index (χ1n) is 15.1. The molecule has 0 spiro atoms. The van der Waals surface area contributed by atoms with Gasteiger partial charge < -0.3 is 10.2 Å². The molecule has 4 aromatic rings. The number of carbonyl (C=O) groups is 2. The highest BCUT2D eigenvalue weighted by Crippen LogP contribution is 2.29. The zero-order valence-electron chi connectivity index (χ0n) is 26.4. The van der Waals surface area contributed by atoms with E-state index in [4.69, 9.17) is 11.6 Å². The van der Waals surface area contributed by atoms with Crippen molar-refractivity contribution in [2.75, 3.05) is 17.4 Å². The van der Waals surface area contributed by atoms with Crippen LogP contribution in [-0.4, -0.2) is 44.3 Å². The van der Waals surface area contributed by atoms with Gasteiger partial charge >= 0.3 is 0 Å². The van der Waals surface area contributed by atoms with E-state index in [0.717, 1.165) is 31.0 Å². The lowest BCUT2D eigenvalue weighted by atomic mass is 10.0. The highest BCUT2D eigenvalue weighted by atomic mass is 79.9. The van der Waals surface area contributed by atoms with Gasteiger partial charge in [0.05, 0.1) is 10.6 Å². The van der Waals surface area contributed by atoms with Crippen LogP contribution in [0, 0.1) is 19.8 Å². The third-order valence-electron chi connectivity index (χ3n) is 7.55. The van der Waals surface area contributed by atoms with Crippen molar-refractivity contribution in [3.63, 3.8) is 0 Å². The van der Waals surface area contributed by atoms with E-state index in [9.17, 15) is 18.0 Å². The standard InChI is InChI=1S/C36H39BrClN3O4S/c1-25(2)22-39-36(43)34(20-28-8-6-5-7-9-28)40(23-29-13-15-30(37)16-14-29)35(42)24-41(31-17-12-27(4)33(38)21-31)46(44,45)32-18-10-26(3)11-19-32/h5-19,21,25,34H,20,22-24H2,1-4H3,(H,39,43). The molecule has 2 amide bonds. The SMILES string of the molecule is Cc1ccc(S(=O)(=O)N(CC(=O)N(Cc2ccc(Br)cc2)C(Cc2ccccc2)C(=O)NCC(C)C)c2ccc(C)c(Cl)c2)cc1. The van der Waals surface area contributed by atoms with Crippen LogP contribution >= 0.6 is 27.5 Å². The summed E-state index contributed by atoms with van der Waals surface area (Å²) in [5.41, 5.74) is 3.58. The van der Waals surface area contributed by atoms with Gasteiger partial charge in [0.25, 0.3) is 10.0 Å². The molecule has 242 valence electrons. The van der Waals surface area contributed by atoms with Crippen LogP contribution in [0.15, 0.2) is 106 Å². The van der Waals surface area contributed by atoms with Gasteiger partial charge in [0, 0.05) is 29.0 Å². The maximum atomic E-state index is 14.6. The van der Waals surface area contributed by atoms with Gasteiger partial charge in [-0.2, -0.15) is 0 Å². The van der Waals surface area contributed by atoms with E-state index in [1.165, 1.54) is 17.0 Å². The van der Waals surface area contributed by atoms with Crippen molar-refractivity contribution in [3.8, 4) is 0 Å². The minimum Gasteiger partial charge on any atom is -0.354 e. The van der Waals surface area contributed by atoms with E-state index in [1.54, 1.807) is 30.3 Å². The van der Waals surface area contributed by atoms with E-state index in [1.807, 2.05) is 82.3 Å². The Morgan fingerprint density at radius 1 is 0.870 bits per heavy atom. The molecule has 4 rings (SSSR count). The summed E-state index contributed by atoms with van der Waals surface area (Å²) in [6.45, 7) is 7.66. The fraction of sp³-hybridized carbons (Fsp3) is 0.278. The van der Waals surface area contributed by atoms with Gasteiger partial charge in [-0.15, -0.1) is 0 Å². The molecular weight excluding hydrogens is 686 g/mol. The molecule has 0 aliphatic heterocycles. The number of carbonyl (C=O) groups excluding carboxylic acids is 2. The van der Waals surface area contributed by atoms with Gasteiger partial charge in [-0.05, 0) is 72.9 Å². The topological polar surface area (TPSA) is 86.8 Å². The fourth-order valence-corrected chi connectivity index (χ4v) is 6.71. The highest BCUT2D eigenvalue weighted by molar-refractivity contribution is 9.10. The Labute approximate surface area is 285 Å². The number of halogens is 2. The number of amides is 2. The molecule has 0 aliphatic carbocycles. The molecule has 10 heteroatoms. The van der Waals surface area contributed by atoms with Gasteiger partial charge in [0.15, 0.2) is 0 Å². The maximum Gasteiger partial charge on any atom is 0.264 e. The minimum absolute atomic E-state index is 0.0394. The molecule has 0 heterocycles. The number of hydrogen-bond acceptors (Lipinski definition) is 4. The lowest BCUT2D eigenvalue weighted by Crippen LogP contribution is -2.53. The normalized spacial score (nSPS) is 12.1. The van der Waals surface area contributed by atoms with Crippen molar-refractivity contribution in [1.82, 2.24) is 10.2 Å². The van der Waals surface area contributed by atoms with Crippen LogP contribution in [0.25, 0.3) is 0 Å². The van der Waals surface area contributed by atoms with E-state index in [2.05, 4.69) is 21.2 Å². The molecule has 1 N–H and O–H groups in total. The second-order valence-electron chi connectivity index (χ2n) is 11.8. The largest absolute Gasteiger partial charge is 0.354 e. The summed E-state index contributed by atoms with van der Waals surface area (Å²) < 4.78 is 30.3. The number of sulfonamides is 1. The van der Waals surface area contributed by atoms with Crippen LogP contribution in [0.2, 0.25) is 5.02 Å². The molecule has 0 aliphatic rings. The first-order valence-corrected chi connectivity index (χ1v) is 17.7. The molecular formula is C36H39BrClN3O4S. The van der Waals surface area contributed by atoms with Crippen molar-refractivity contribution < 1.29 is 18.0 Å². The van der Waals surface area contributed by atoms with E-state index in [-0.39, 0.29) is 35.4 Å². The Balaban J connectivity index is 1.81. The average Bonchev–Trinajstić information content (AvgIpc) is 3.03. The van der Waals surface area contributed by atoms with E-state index >= 15 is 0 Å². The quantitative estimate of drug-likeness (QED) is 0.157. The molecule has 46 heavy (non-hydrogen) atoms. The summed E-state index contributed by atoms with van der Waals surface area (Å²) >= 11 is 9.92. The van der Waals surface area contributed by atoms with E-state index < -0.39 is 28.5 Å². The van der Waals surface area contributed by atoms with Gasteiger partial charge in [-0.3, -0.25) is 13.9 Å². The Hall–Kier alpha value is -3.66. The summed E-state index contributed by atoms with van der Waals surface area (Å²) in [5.74, 6) is -0.649. The van der Waals surface area contributed by atoms with Crippen LogP contribution in [0.3, 0.4) is 0 Å². The van der Waals surface area contributed by atoms with Crippen molar-refractivity contribution in [2.45, 2.75) is 51.6 Å². The van der Waals surface area contributed by atoms with Gasteiger partial charge in [0.1, 0.15) is 12.6 Å². The number of anilines is 1. The van der Waals surface area contributed by atoms with Crippen LogP contribution in [0.1, 0.15) is 36.1 Å². The predicted octanol–water partition coefficient (Wildman–Crippen LogP) is 7.33. The van der Waals surface area contributed by atoms with Crippen LogP contribution in [-0.2, 0) is 32.6 Å². The van der Waals surface area contributed by atoms with Crippen molar-refractivity contribution in [1.29, 1.82) is 0 Å². The second kappa shape index (κ2) is 15.8. The molecule has 0 bridgehead atoms. The molecule has 1 unspecified atom stereocenters. The zero-order chi connectivity index (χ0) is 33.4. The average molecular weight is 725 g/mol. The summed E-state index contributed by atoms with van der Waals surface area (Å²) in [6.07, 6.45) is 0.244. The highest BCUT2D eigenvalue weighted by Gasteiger charge is 2.34. The number of nitrogens with one attached hydrogen (secondary N) is 1. The number of benzene rings is 4. The van der Waals surface area contributed by atoms with Crippen LogP contribution in [0.5, 0.6) is 0 Å². The minimum atomic E-state index is -4.21. The van der Waals surface area contributed by atoms with Gasteiger partial charge in [0.2, 0.25) is 11.8 Å². The lowest BCUT2D eigenvalue weighted by Gasteiger charge is -2.34. The second-order valence-corrected chi connectivity index (χ2v) is 14.9. The molecule has 4 aromatic carbocycles. The third-order valence-corrected chi connectivity index (χ3v) is 10.3. The zero-order valence-corrected chi connectivity index (χ0v) is 29.6. The lowest BCUT2D eigenvalue weighted by molar-refractivity contribution is -0.140. The molecule has 0 aromatic heterocycles. The summed E-state index contributed by atoms with van der Waals surface area (Å²) in [4.78, 5) is 29.9. The Morgan fingerprint density at radius 3 is 2.13 bits per heavy atom. The van der Waals surface area contributed by atoms with Crippen LogP contribution < -0.4 is 9.62 Å². The molecule has 7 nitrogen and oxygen atoms in total. The predicted molar refractivity (Wildman–Crippen MR) is 188 cm³/mol. The molecule has 1 atom stereocenters. The van der Waals surface area contributed by atoms with Crippen LogP contribution in [0.4, 0.5) is 5.69 Å². The Kier molecular flexibility index (Phi) is 12.1. The first kappa shape index (κ1) is 35.2. The third kappa shape index (κ3) is 9.21. The molecule has 0 saturated carbocycles. The summed E-state index contributed by atoms with van der Waals surface area (Å²) in [5, 5.41) is 3.37. The molecule has 0 fully saturated rings. The Bertz CT molecular complexity index is 1750. The summed E-state index contributed by atoms with van der Waals surface area (Å²) in [7, 11) is -4.21. The fourth-order valence-electron chi connectivity index (χ4n) is 4.87. The first-order chi connectivity index (χ1) is 21.8. The van der Waals surface area contributed by atoms with Gasteiger partial charge in [-0.25, -0.2) is 8.42 Å². The van der Waals surface area contributed by atoms with Gasteiger partial charge in [-0.1, -0.05) is 108 Å². The maximum absolute atomic E-state index is 14.6. The number of rotatable bonds is 13. The number of aryl methyl sites for hydroxylation is 2. The summed E-state index contributed by atoms with van der Waals surface area (Å²) in [6, 6.07) is 27.4. The van der Waals surface area contributed by atoms with Crippen molar-refractivity contribution >= 4 is 55.1 Å². The Morgan fingerprint density at radius 2 is 1.52 bits per heavy atom. The smallest absolute Gasteiger partial charge is 0.264 e. The number of nitrogens with zero attached hydrogens (tertiary/aromatic N) is 2. The molecule has 0 radical (unpaired) electrons. The van der Waals surface area contributed by atoms with Crippen molar-refractivity contribution in [2.24, 2.45) is 5.92 Å². The van der Waals surface area contributed by atoms with Crippen molar-refractivity contribution in [3.05, 3.63) is 129 Å².